The Labute approximate surface area is 137 Å². The van der Waals surface area contributed by atoms with E-state index < -0.39 is 17.7 Å². The Hall–Kier alpha value is -2.57. The highest BCUT2D eigenvalue weighted by Crippen LogP contribution is 2.31. The zero-order valence-electron chi connectivity index (χ0n) is 12.8. The van der Waals surface area contributed by atoms with Crippen molar-refractivity contribution >= 4 is 11.7 Å². The first-order valence-corrected chi connectivity index (χ1v) is 7.42. The largest absolute Gasteiger partial charge is 0.481 e. The van der Waals surface area contributed by atoms with Crippen molar-refractivity contribution in [1.82, 2.24) is 4.98 Å². The Balaban J connectivity index is 2.13. The van der Waals surface area contributed by atoms with Gasteiger partial charge in [0.15, 0.2) is 0 Å². The Morgan fingerprint density at radius 3 is 2.33 bits per heavy atom. The van der Waals surface area contributed by atoms with Crippen LogP contribution < -0.4 is 5.73 Å². The van der Waals surface area contributed by atoms with E-state index in [1.807, 2.05) is 0 Å². The van der Waals surface area contributed by atoms with Gasteiger partial charge in [-0.05, 0) is 43.5 Å². The van der Waals surface area contributed by atoms with E-state index in [0.717, 1.165) is 12.1 Å². The number of carboxylic acid groups (broad SMARTS) is 1. The van der Waals surface area contributed by atoms with E-state index in [0.29, 0.717) is 41.9 Å². The lowest BCUT2D eigenvalue weighted by atomic mass is 10.1. The summed E-state index contributed by atoms with van der Waals surface area (Å²) in [6, 6.07) is 8.08. The molecule has 0 aliphatic heterocycles. The number of aliphatic carboxylic acids is 1. The molecule has 1 heterocycles. The standard InChI is InChI=1S/C17H17F3N2O2/c18-17(19,20)12-7-5-11(6-8-12)14-10-9-13(21)15(22-14)3-1-2-4-16(23)24/h5-10H,1-4,21H2,(H,23,24). The predicted molar refractivity (Wildman–Crippen MR) is 84.3 cm³/mol. The van der Waals surface area contributed by atoms with Crippen molar-refractivity contribution in [2.75, 3.05) is 5.73 Å². The van der Waals surface area contributed by atoms with Crippen LogP contribution in [0.3, 0.4) is 0 Å². The van der Waals surface area contributed by atoms with Crippen LogP contribution >= 0.6 is 0 Å². The number of aryl methyl sites for hydroxylation is 1. The van der Waals surface area contributed by atoms with Gasteiger partial charge in [-0.25, -0.2) is 0 Å². The van der Waals surface area contributed by atoms with E-state index in [1.54, 1.807) is 12.1 Å². The molecule has 0 aliphatic carbocycles. The van der Waals surface area contributed by atoms with Crippen LogP contribution in [-0.2, 0) is 17.4 Å². The predicted octanol–water partition coefficient (Wildman–Crippen LogP) is 4.15. The van der Waals surface area contributed by atoms with Gasteiger partial charge in [-0.2, -0.15) is 13.2 Å². The Morgan fingerprint density at radius 1 is 1.08 bits per heavy atom. The lowest BCUT2D eigenvalue weighted by molar-refractivity contribution is -0.138. The van der Waals surface area contributed by atoms with Crippen molar-refractivity contribution in [2.45, 2.75) is 31.9 Å². The van der Waals surface area contributed by atoms with Gasteiger partial charge in [0.1, 0.15) is 0 Å². The number of nitrogens with two attached hydrogens (primary N) is 1. The first-order chi connectivity index (χ1) is 11.3. The van der Waals surface area contributed by atoms with E-state index >= 15 is 0 Å². The molecule has 0 radical (unpaired) electrons. The second-order valence-corrected chi connectivity index (χ2v) is 5.41. The van der Waals surface area contributed by atoms with Gasteiger partial charge >= 0.3 is 12.1 Å². The van der Waals surface area contributed by atoms with E-state index in [-0.39, 0.29) is 6.42 Å². The van der Waals surface area contributed by atoms with Crippen LogP contribution in [0.4, 0.5) is 18.9 Å². The summed E-state index contributed by atoms with van der Waals surface area (Å²) >= 11 is 0. The summed E-state index contributed by atoms with van der Waals surface area (Å²) in [5, 5.41) is 8.62. The number of carbonyl (C=O) groups is 1. The van der Waals surface area contributed by atoms with Gasteiger partial charge in [0.2, 0.25) is 0 Å². The molecule has 0 amide bonds. The van der Waals surface area contributed by atoms with Gasteiger partial charge in [-0.1, -0.05) is 12.1 Å². The number of hydrogen-bond donors (Lipinski definition) is 2. The zero-order chi connectivity index (χ0) is 17.7. The average Bonchev–Trinajstić information content (AvgIpc) is 2.52. The van der Waals surface area contributed by atoms with Crippen LogP contribution in [0.1, 0.15) is 30.5 Å². The van der Waals surface area contributed by atoms with Crippen molar-refractivity contribution < 1.29 is 23.1 Å². The van der Waals surface area contributed by atoms with Crippen molar-refractivity contribution in [3.63, 3.8) is 0 Å². The molecule has 1 aromatic heterocycles. The number of alkyl halides is 3. The minimum Gasteiger partial charge on any atom is -0.481 e. The van der Waals surface area contributed by atoms with Crippen molar-refractivity contribution in [3.8, 4) is 11.3 Å². The summed E-state index contributed by atoms with van der Waals surface area (Å²) in [5.41, 5.74) is 7.36. The molecule has 0 aliphatic rings. The van der Waals surface area contributed by atoms with Gasteiger partial charge in [0.25, 0.3) is 0 Å². The van der Waals surface area contributed by atoms with E-state index in [2.05, 4.69) is 4.98 Å². The van der Waals surface area contributed by atoms with Crippen LogP contribution in [0, 0.1) is 0 Å². The fraction of sp³-hybridized carbons (Fsp3) is 0.294. The lowest BCUT2D eigenvalue weighted by Gasteiger charge is -2.10. The van der Waals surface area contributed by atoms with Crippen LogP contribution in [0.15, 0.2) is 36.4 Å². The molecule has 0 fully saturated rings. The van der Waals surface area contributed by atoms with E-state index in [9.17, 15) is 18.0 Å². The maximum atomic E-state index is 12.6. The number of carboxylic acids is 1. The lowest BCUT2D eigenvalue weighted by Crippen LogP contribution is -2.04. The summed E-state index contributed by atoms with van der Waals surface area (Å²) in [4.78, 5) is 14.9. The smallest absolute Gasteiger partial charge is 0.416 e. The molecule has 0 unspecified atom stereocenters. The van der Waals surface area contributed by atoms with E-state index in [1.165, 1.54) is 12.1 Å². The molecule has 0 saturated heterocycles. The molecule has 24 heavy (non-hydrogen) atoms. The van der Waals surface area contributed by atoms with Crippen LogP contribution in [0.5, 0.6) is 0 Å². The van der Waals surface area contributed by atoms with Gasteiger partial charge < -0.3 is 10.8 Å². The SMILES string of the molecule is Nc1ccc(-c2ccc(C(F)(F)F)cc2)nc1CCCCC(=O)O. The monoisotopic (exact) mass is 338 g/mol. The minimum absolute atomic E-state index is 0.0818. The number of unbranched alkanes of at least 4 members (excludes halogenated alkanes) is 1. The molecule has 0 bridgehead atoms. The Bertz CT molecular complexity index is 713. The van der Waals surface area contributed by atoms with Crippen molar-refractivity contribution in [1.29, 1.82) is 0 Å². The number of anilines is 1. The van der Waals surface area contributed by atoms with Crippen molar-refractivity contribution in [3.05, 3.63) is 47.7 Å². The summed E-state index contributed by atoms with van der Waals surface area (Å²) < 4.78 is 37.8. The van der Waals surface area contributed by atoms with Crippen LogP contribution in [0.2, 0.25) is 0 Å². The summed E-state index contributed by atoms with van der Waals surface area (Å²) in [7, 11) is 0. The van der Waals surface area contributed by atoms with Crippen molar-refractivity contribution in [2.24, 2.45) is 0 Å². The molecule has 0 saturated carbocycles. The highest BCUT2D eigenvalue weighted by atomic mass is 19.4. The van der Waals surface area contributed by atoms with Gasteiger partial charge in [0.05, 0.1) is 22.6 Å². The Kier molecular flexibility index (Phi) is 5.43. The molecule has 4 nitrogen and oxygen atoms in total. The number of pyridine rings is 1. The fourth-order valence-electron chi connectivity index (χ4n) is 2.27. The normalized spacial score (nSPS) is 11.5. The highest BCUT2D eigenvalue weighted by Gasteiger charge is 2.30. The maximum absolute atomic E-state index is 12.6. The third-order valence-corrected chi connectivity index (χ3v) is 3.57. The number of halogens is 3. The number of hydrogen-bond acceptors (Lipinski definition) is 3. The molecule has 0 atom stereocenters. The van der Waals surface area contributed by atoms with Gasteiger partial charge in [0, 0.05) is 12.0 Å². The molecular formula is C17H17F3N2O2. The fourth-order valence-corrected chi connectivity index (χ4v) is 2.27. The number of nitrogen functional groups attached to an aromatic ring is 1. The first kappa shape index (κ1) is 17.8. The average molecular weight is 338 g/mol. The number of rotatable bonds is 6. The molecule has 3 N–H and O–H groups in total. The number of benzene rings is 1. The second-order valence-electron chi connectivity index (χ2n) is 5.41. The minimum atomic E-state index is -4.37. The number of nitrogens with zero attached hydrogens (tertiary/aromatic N) is 1. The van der Waals surface area contributed by atoms with Crippen LogP contribution in [0.25, 0.3) is 11.3 Å². The molecule has 2 rings (SSSR count). The molecule has 128 valence electrons. The second kappa shape index (κ2) is 7.33. The summed E-state index contributed by atoms with van der Waals surface area (Å²) in [6.07, 6.45) is -2.63. The molecule has 0 spiro atoms. The zero-order valence-corrected chi connectivity index (χ0v) is 12.8. The highest BCUT2D eigenvalue weighted by molar-refractivity contribution is 5.66. The molecule has 1 aromatic carbocycles. The van der Waals surface area contributed by atoms with E-state index in [4.69, 9.17) is 10.8 Å². The third kappa shape index (κ3) is 4.71. The summed E-state index contributed by atoms with van der Waals surface area (Å²) in [6.45, 7) is 0. The summed E-state index contributed by atoms with van der Waals surface area (Å²) in [5.74, 6) is -0.852. The molecule has 7 heteroatoms. The quantitative estimate of drug-likeness (QED) is 0.776. The first-order valence-electron chi connectivity index (χ1n) is 7.42. The van der Waals surface area contributed by atoms with Gasteiger partial charge in [-0.3, -0.25) is 9.78 Å². The number of aromatic nitrogens is 1. The molecule has 2 aromatic rings. The third-order valence-electron chi connectivity index (χ3n) is 3.57. The molecular weight excluding hydrogens is 321 g/mol. The topological polar surface area (TPSA) is 76.2 Å². The maximum Gasteiger partial charge on any atom is 0.416 e. The van der Waals surface area contributed by atoms with Gasteiger partial charge in [-0.15, -0.1) is 0 Å². The Morgan fingerprint density at radius 2 is 1.75 bits per heavy atom. The van der Waals surface area contributed by atoms with Crippen LogP contribution in [-0.4, -0.2) is 16.1 Å².